The highest BCUT2D eigenvalue weighted by Crippen LogP contribution is 2.30. The van der Waals surface area contributed by atoms with Gasteiger partial charge in [-0.3, -0.25) is 14.9 Å². The van der Waals surface area contributed by atoms with Gasteiger partial charge in [0.2, 0.25) is 5.91 Å². The Morgan fingerprint density at radius 1 is 1.27 bits per heavy atom. The number of methoxy groups -OCH3 is 1. The second-order valence-electron chi connectivity index (χ2n) is 6.04. The molecule has 0 spiro atoms. The summed E-state index contributed by atoms with van der Waals surface area (Å²) >= 11 is 7.18. The summed E-state index contributed by atoms with van der Waals surface area (Å²) in [5.41, 5.74) is 1.11. The minimum Gasteiger partial charge on any atom is -0.494 e. The first kappa shape index (κ1) is 21.6. The predicted molar refractivity (Wildman–Crippen MR) is 115 cm³/mol. The fourth-order valence-electron chi connectivity index (χ4n) is 2.71. The lowest BCUT2D eigenvalue weighted by Gasteiger charge is -2.10. The SMILES string of the molecule is CCn1c(SCC(=O)Nc2ccc([N+](=O)[O-])cc2OC)nnc1-c1ccc(Cl)cc1. The third kappa shape index (κ3) is 4.89. The first-order valence-corrected chi connectivity index (χ1v) is 10.2. The molecule has 156 valence electrons. The average Bonchev–Trinajstić information content (AvgIpc) is 3.15. The Hall–Kier alpha value is -3.11. The van der Waals surface area contributed by atoms with Gasteiger partial charge in [-0.25, -0.2) is 0 Å². The number of nitrogens with one attached hydrogen (secondary N) is 1. The van der Waals surface area contributed by atoms with Gasteiger partial charge in [0.15, 0.2) is 11.0 Å². The lowest BCUT2D eigenvalue weighted by Crippen LogP contribution is -2.15. The summed E-state index contributed by atoms with van der Waals surface area (Å²) in [6.45, 7) is 2.60. The van der Waals surface area contributed by atoms with Crippen LogP contribution in [0.15, 0.2) is 47.6 Å². The maximum absolute atomic E-state index is 12.4. The molecule has 1 heterocycles. The number of anilines is 1. The number of hydrogen-bond acceptors (Lipinski definition) is 7. The number of aromatic nitrogens is 3. The predicted octanol–water partition coefficient (Wildman–Crippen LogP) is 4.27. The molecule has 0 atom stereocenters. The zero-order valence-electron chi connectivity index (χ0n) is 16.2. The van der Waals surface area contributed by atoms with E-state index in [-0.39, 0.29) is 23.1 Å². The van der Waals surface area contributed by atoms with Gasteiger partial charge >= 0.3 is 0 Å². The lowest BCUT2D eigenvalue weighted by atomic mass is 10.2. The molecule has 2 aromatic carbocycles. The summed E-state index contributed by atoms with van der Waals surface area (Å²) < 4.78 is 7.05. The molecule has 30 heavy (non-hydrogen) atoms. The molecule has 0 saturated heterocycles. The monoisotopic (exact) mass is 447 g/mol. The summed E-state index contributed by atoms with van der Waals surface area (Å²) in [4.78, 5) is 22.7. The number of benzene rings is 2. The van der Waals surface area contributed by atoms with Crippen molar-refractivity contribution in [2.45, 2.75) is 18.6 Å². The van der Waals surface area contributed by atoms with Crippen molar-refractivity contribution in [3.05, 3.63) is 57.6 Å². The van der Waals surface area contributed by atoms with Crippen molar-refractivity contribution < 1.29 is 14.5 Å². The normalized spacial score (nSPS) is 10.6. The molecule has 1 N–H and O–H groups in total. The van der Waals surface area contributed by atoms with Crippen LogP contribution in [0.25, 0.3) is 11.4 Å². The highest BCUT2D eigenvalue weighted by atomic mass is 35.5. The van der Waals surface area contributed by atoms with Crippen molar-refractivity contribution in [1.29, 1.82) is 0 Å². The van der Waals surface area contributed by atoms with Gasteiger partial charge in [-0.05, 0) is 37.3 Å². The second-order valence-corrected chi connectivity index (χ2v) is 7.41. The molecular weight excluding hydrogens is 430 g/mol. The van der Waals surface area contributed by atoms with E-state index in [9.17, 15) is 14.9 Å². The molecule has 0 bridgehead atoms. The molecule has 0 aliphatic heterocycles. The third-order valence-electron chi connectivity index (χ3n) is 4.14. The maximum Gasteiger partial charge on any atom is 0.273 e. The molecule has 0 aliphatic rings. The summed E-state index contributed by atoms with van der Waals surface area (Å²) in [6, 6.07) is 11.3. The number of ether oxygens (including phenoxy) is 1. The minimum atomic E-state index is -0.528. The molecule has 3 aromatic rings. The number of nitro groups is 1. The van der Waals surface area contributed by atoms with E-state index in [0.717, 1.165) is 5.56 Å². The van der Waals surface area contributed by atoms with Crippen molar-refractivity contribution in [2.75, 3.05) is 18.2 Å². The van der Waals surface area contributed by atoms with E-state index in [1.54, 1.807) is 12.1 Å². The third-order valence-corrected chi connectivity index (χ3v) is 5.36. The topological polar surface area (TPSA) is 112 Å². The van der Waals surface area contributed by atoms with Gasteiger partial charge in [0.05, 0.1) is 29.5 Å². The maximum atomic E-state index is 12.4. The minimum absolute atomic E-state index is 0.0822. The zero-order valence-corrected chi connectivity index (χ0v) is 17.7. The van der Waals surface area contributed by atoms with Crippen LogP contribution in [0.5, 0.6) is 5.75 Å². The van der Waals surface area contributed by atoms with E-state index < -0.39 is 4.92 Å². The summed E-state index contributed by atoms with van der Waals surface area (Å²) in [5, 5.41) is 23.2. The van der Waals surface area contributed by atoms with Crippen LogP contribution in [0.3, 0.4) is 0 Å². The van der Waals surface area contributed by atoms with Crippen LogP contribution in [0.1, 0.15) is 6.92 Å². The Kier molecular flexibility index (Phi) is 6.91. The molecule has 1 aromatic heterocycles. The number of nitrogens with zero attached hydrogens (tertiary/aromatic N) is 4. The molecule has 0 fully saturated rings. The number of nitro benzene ring substituents is 1. The van der Waals surface area contributed by atoms with Crippen LogP contribution in [-0.2, 0) is 11.3 Å². The average molecular weight is 448 g/mol. The van der Waals surface area contributed by atoms with E-state index in [2.05, 4.69) is 15.5 Å². The Labute approximate surface area is 181 Å². The van der Waals surface area contributed by atoms with Gasteiger partial charge in [-0.1, -0.05) is 23.4 Å². The number of halogens is 1. The van der Waals surface area contributed by atoms with E-state index in [4.69, 9.17) is 16.3 Å². The first-order valence-electron chi connectivity index (χ1n) is 8.87. The number of hydrogen-bond donors (Lipinski definition) is 1. The van der Waals surface area contributed by atoms with Gasteiger partial charge < -0.3 is 14.6 Å². The standard InChI is InChI=1S/C19H18ClN5O4S/c1-3-24-18(12-4-6-13(20)7-5-12)22-23-19(24)30-11-17(26)21-15-9-8-14(25(27)28)10-16(15)29-2/h4-10H,3,11H2,1-2H3,(H,21,26). The molecule has 9 nitrogen and oxygen atoms in total. The first-order chi connectivity index (χ1) is 14.4. The summed E-state index contributed by atoms with van der Waals surface area (Å²) in [7, 11) is 1.38. The van der Waals surface area contributed by atoms with E-state index >= 15 is 0 Å². The van der Waals surface area contributed by atoms with Crippen molar-refractivity contribution in [3.63, 3.8) is 0 Å². The van der Waals surface area contributed by atoms with Crippen LogP contribution >= 0.6 is 23.4 Å². The number of carbonyl (C=O) groups is 1. The second kappa shape index (κ2) is 9.59. The van der Waals surface area contributed by atoms with Gasteiger partial charge in [-0.15, -0.1) is 10.2 Å². The number of carbonyl (C=O) groups excluding carboxylic acids is 1. The van der Waals surface area contributed by atoms with Gasteiger partial charge in [0.1, 0.15) is 5.75 Å². The highest BCUT2D eigenvalue weighted by Gasteiger charge is 2.17. The van der Waals surface area contributed by atoms with Crippen molar-refractivity contribution >= 4 is 40.6 Å². The van der Waals surface area contributed by atoms with Gasteiger partial charge in [0, 0.05) is 23.2 Å². The Morgan fingerprint density at radius 3 is 2.63 bits per heavy atom. The Morgan fingerprint density at radius 2 is 2.00 bits per heavy atom. The lowest BCUT2D eigenvalue weighted by molar-refractivity contribution is -0.384. The fraction of sp³-hybridized carbons (Fsp3) is 0.211. The van der Waals surface area contributed by atoms with Crippen LogP contribution in [0.2, 0.25) is 5.02 Å². The van der Waals surface area contributed by atoms with Gasteiger partial charge in [-0.2, -0.15) is 0 Å². The number of non-ortho nitro benzene ring substituents is 1. The quantitative estimate of drug-likeness (QED) is 0.311. The smallest absolute Gasteiger partial charge is 0.273 e. The summed E-state index contributed by atoms with van der Waals surface area (Å²) in [6.07, 6.45) is 0. The van der Waals surface area contributed by atoms with E-state index in [1.165, 1.54) is 37.1 Å². The van der Waals surface area contributed by atoms with Crippen LogP contribution in [0, 0.1) is 10.1 Å². The molecule has 0 aliphatic carbocycles. The summed E-state index contributed by atoms with van der Waals surface area (Å²) in [5.74, 6) is 0.683. The van der Waals surface area contributed by atoms with Crippen molar-refractivity contribution in [1.82, 2.24) is 14.8 Å². The number of amides is 1. The van der Waals surface area contributed by atoms with Crippen LogP contribution in [0.4, 0.5) is 11.4 Å². The molecular formula is C19H18ClN5O4S. The molecule has 0 saturated carbocycles. The Balaban J connectivity index is 1.69. The van der Waals surface area contributed by atoms with Crippen molar-refractivity contribution in [2.24, 2.45) is 0 Å². The van der Waals surface area contributed by atoms with Crippen LogP contribution < -0.4 is 10.1 Å². The highest BCUT2D eigenvalue weighted by molar-refractivity contribution is 7.99. The van der Waals surface area contributed by atoms with Crippen LogP contribution in [-0.4, -0.2) is 38.5 Å². The number of rotatable bonds is 8. The molecule has 11 heteroatoms. The fourth-order valence-corrected chi connectivity index (χ4v) is 3.63. The zero-order chi connectivity index (χ0) is 21.7. The van der Waals surface area contributed by atoms with E-state index in [0.29, 0.717) is 28.2 Å². The Bertz CT molecular complexity index is 1070. The van der Waals surface area contributed by atoms with Crippen molar-refractivity contribution in [3.8, 4) is 17.1 Å². The van der Waals surface area contributed by atoms with E-state index in [1.807, 2.05) is 23.6 Å². The molecule has 1 amide bonds. The number of thioether (sulfide) groups is 1. The molecule has 0 unspecified atom stereocenters. The molecule has 0 radical (unpaired) electrons. The largest absolute Gasteiger partial charge is 0.494 e. The van der Waals surface area contributed by atoms with Gasteiger partial charge in [0.25, 0.3) is 5.69 Å². The molecule has 3 rings (SSSR count).